The van der Waals surface area contributed by atoms with Crippen LogP contribution in [0.2, 0.25) is 0 Å². The summed E-state index contributed by atoms with van der Waals surface area (Å²) in [4.78, 5) is 13.6. The van der Waals surface area contributed by atoms with E-state index in [1.807, 2.05) is 25.1 Å². The summed E-state index contributed by atoms with van der Waals surface area (Å²) < 4.78 is 72.6. The van der Waals surface area contributed by atoms with Gasteiger partial charge in [-0.05, 0) is 37.3 Å². The molecule has 2 aromatic carbocycles. The molecule has 1 N–H and O–H groups in total. The Morgan fingerprint density at radius 2 is 1.74 bits per heavy atom. The molecule has 0 saturated carbocycles. The van der Waals surface area contributed by atoms with Crippen molar-refractivity contribution in [3.8, 4) is 11.5 Å². The number of halogens is 3. The largest absolute Gasteiger partial charge is 0.573 e. The van der Waals surface area contributed by atoms with E-state index in [0.29, 0.717) is 18.9 Å². The quantitative estimate of drug-likeness (QED) is 0.588. The minimum absolute atomic E-state index is 0.0954. The Hall–Kier alpha value is -2.79. The van der Waals surface area contributed by atoms with Crippen LogP contribution >= 0.6 is 0 Å². The van der Waals surface area contributed by atoms with Crippen LogP contribution in [0, 0.1) is 0 Å². The van der Waals surface area contributed by atoms with Crippen LogP contribution in [-0.4, -0.2) is 45.8 Å². The zero-order chi connectivity index (χ0) is 23.1. The van der Waals surface area contributed by atoms with Gasteiger partial charge in [-0.25, -0.2) is 13.1 Å². The summed E-state index contributed by atoms with van der Waals surface area (Å²) in [7, 11) is -2.40. The minimum atomic E-state index is -4.87. The molecule has 31 heavy (non-hydrogen) atoms. The van der Waals surface area contributed by atoms with E-state index in [0.717, 1.165) is 29.8 Å². The van der Waals surface area contributed by atoms with E-state index in [-0.39, 0.29) is 23.8 Å². The monoisotopic (exact) mass is 460 g/mol. The second-order valence-corrected chi connectivity index (χ2v) is 8.22. The van der Waals surface area contributed by atoms with Gasteiger partial charge in [-0.3, -0.25) is 4.79 Å². The molecule has 0 unspecified atom stereocenters. The van der Waals surface area contributed by atoms with Crippen molar-refractivity contribution in [3.05, 3.63) is 54.1 Å². The SMILES string of the molecule is CCOc1ccccc1CN(C)C(=O)CCNS(=O)(=O)c1ccc(OC(F)(F)F)cc1. The standard InChI is InChI=1S/C20H23F3N2O5S/c1-3-29-18-7-5-4-6-15(18)14-25(2)19(26)12-13-24-31(27,28)17-10-8-16(9-11-17)30-20(21,22)23/h4-11,24H,3,12-14H2,1-2H3. The molecule has 0 bridgehead atoms. The molecule has 0 spiro atoms. The molecule has 1 amide bonds. The second-order valence-electron chi connectivity index (χ2n) is 6.46. The maximum Gasteiger partial charge on any atom is 0.573 e. The molecule has 0 aliphatic rings. The number of ether oxygens (including phenoxy) is 2. The van der Waals surface area contributed by atoms with Crippen molar-refractivity contribution in [2.45, 2.75) is 31.1 Å². The number of nitrogens with zero attached hydrogens (tertiary/aromatic N) is 1. The number of carbonyl (C=O) groups is 1. The van der Waals surface area contributed by atoms with E-state index in [2.05, 4.69) is 9.46 Å². The van der Waals surface area contributed by atoms with Gasteiger partial charge in [-0.1, -0.05) is 18.2 Å². The van der Waals surface area contributed by atoms with Crippen LogP contribution in [0.1, 0.15) is 18.9 Å². The van der Waals surface area contributed by atoms with Crippen molar-refractivity contribution in [2.75, 3.05) is 20.2 Å². The van der Waals surface area contributed by atoms with Crippen LogP contribution < -0.4 is 14.2 Å². The topological polar surface area (TPSA) is 84.9 Å². The van der Waals surface area contributed by atoms with Gasteiger partial charge in [0, 0.05) is 32.1 Å². The molecule has 2 aromatic rings. The van der Waals surface area contributed by atoms with Gasteiger partial charge in [0.25, 0.3) is 0 Å². The Balaban J connectivity index is 1.89. The van der Waals surface area contributed by atoms with Crippen molar-refractivity contribution in [1.82, 2.24) is 9.62 Å². The Labute approximate surface area is 178 Å². The zero-order valence-corrected chi connectivity index (χ0v) is 17.8. The Bertz CT molecular complexity index is 979. The highest BCUT2D eigenvalue weighted by molar-refractivity contribution is 7.89. The van der Waals surface area contributed by atoms with Crippen molar-refractivity contribution in [3.63, 3.8) is 0 Å². The molecular weight excluding hydrogens is 437 g/mol. The average Bonchev–Trinajstić information content (AvgIpc) is 2.68. The second kappa shape index (κ2) is 10.5. The van der Waals surface area contributed by atoms with Gasteiger partial charge in [0.05, 0.1) is 11.5 Å². The maximum absolute atomic E-state index is 12.3. The van der Waals surface area contributed by atoms with Gasteiger partial charge in [0.15, 0.2) is 0 Å². The van der Waals surface area contributed by atoms with Crippen LogP contribution in [0.15, 0.2) is 53.4 Å². The molecule has 2 rings (SSSR count). The zero-order valence-electron chi connectivity index (χ0n) is 17.0. The lowest BCUT2D eigenvalue weighted by molar-refractivity contribution is -0.274. The van der Waals surface area contributed by atoms with Gasteiger partial charge in [-0.2, -0.15) is 0 Å². The van der Waals surface area contributed by atoms with Crippen molar-refractivity contribution in [2.24, 2.45) is 0 Å². The lowest BCUT2D eigenvalue weighted by Gasteiger charge is -2.19. The number of nitrogens with one attached hydrogen (secondary N) is 1. The van der Waals surface area contributed by atoms with Crippen molar-refractivity contribution < 1.29 is 35.9 Å². The third-order valence-electron chi connectivity index (χ3n) is 4.10. The van der Waals surface area contributed by atoms with Crippen LogP contribution in [-0.2, 0) is 21.4 Å². The van der Waals surface area contributed by atoms with Crippen molar-refractivity contribution in [1.29, 1.82) is 0 Å². The lowest BCUT2D eigenvalue weighted by atomic mass is 10.2. The summed E-state index contributed by atoms with van der Waals surface area (Å²) in [5.74, 6) is -0.151. The third kappa shape index (κ3) is 7.76. The molecule has 7 nitrogen and oxygen atoms in total. The molecular formula is C20H23F3N2O5S. The first-order chi connectivity index (χ1) is 14.5. The molecule has 0 fully saturated rings. The number of rotatable bonds is 10. The first-order valence-corrected chi connectivity index (χ1v) is 10.8. The molecule has 0 aliphatic heterocycles. The molecule has 0 aromatic heterocycles. The van der Waals surface area contributed by atoms with E-state index in [1.165, 1.54) is 4.90 Å². The molecule has 170 valence electrons. The molecule has 0 radical (unpaired) electrons. The fourth-order valence-electron chi connectivity index (χ4n) is 2.66. The predicted octanol–water partition coefficient (Wildman–Crippen LogP) is 3.31. The van der Waals surface area contributed by atoms with Crippen LogP contribution in [0.3, 0.4) is 0 Å². The third-order valence-corrected chi connectivity index (χ3v) is 5.58. The average molecular weight is 460 g/mol. The Morgan fingerprint density at radius 3 is 2.35 bits per heavy atom. The number of para-hydroxylation sites is 1. The van der Waals surface area contributed by atoms with Gasteiger partial charge < -0.3 is 14.4 Å². The predicted molar refractivity (Wildman–Crippen MR) is 107 cm³/mol. The summed E-state index contributed by atoms with van der Waals surface area (Å²) in [5.41, 5.74) is 0.821. The summed E-state index contributed by atoms with van der Waals surface area (Å²) in [6, 6.07) is 11.1. The highest BCUT2D eigenvalue weighted by Crippen LogP contribution is 2.24. The van der Waals surface area contributed by atoms with Crippen molar-refractivity contribution >= 4 is 15.9 Å². The van der Waals surface area contributed by atoms with Gasteiger partial charge in [0.1, 0.15) is 11.5 Å². The first-order valence-electron chi connectivity index (χ1n) is 9.32. The summed E-state index contributed by atoms with van der Waals surface area (Å²) >= 11 is 0. The first kappa shape index (κ1) is 24.5. The van der Waals surface area contributed by atoms with E-state index in [9.17, 15) is 26.4 Å². The van der Waals surface area contributed by atoms with Crippen LogP contribution in [0.4, 0.5) is 13.2 Å². The number of hydrogen-bond acceptors (Lipinski definition) is 5. The van der Waals surface area contributed by atoms with Crippen LogP contribution in [0.5, 0.6) is 11.5 Å². The number of amides is 1. The molecule has 0 aliphatic carbocycles. The maximum atomic E-state index is 12.3. The molecule has 0 atom stereocenters. The molecule has 11 heteroatoms. The number of hydrogen-bond donors (Lipinski definition) is 1. The molecule has 0 saturated heterocycles. The highest BCUT2D eigenvalue weighted by atomic mass is 32.2. The fourth-order valence-corrected chi connectivity index (χ4v) is 3.69. The minimum Gasteiger partial charge on any atom is -0.494 e. The summed E-state index contributed by atoms with van der Waals surface area (Å²) in [6.07, 6.45) is -4.96. The molecule has 0 heterocycles. The lowest BCUT2D eigenvalue weighted by Crippen LogP contribution is -2.32. The smallest absolute Gasteiger partial charge is 0.494 e. The summed E-state index contributed by atoms with van der Waals surface area (Å²) in [6.45, 7) is 2.47. The number of alkyl halides is 3. The van der Waals surface area contributed by atoms with E-state index >= 15 is 0 Å². The summed E-state index contributed by atoms with van der Waals surface area (Å²) in [5, 5.41) is 0. The number of sulfonamides is 1. The van der Waals surface area contributed by atoms with Gasteiger partial charge >= 0.3 is 6.36 Å². The number of carbonyl (C=O) groups excluding carboxylic acids is 1. The van der Waals surface area contributed by atoms with E-state index in [1.54, 1.807) is 13.1 Å². The van der Waals surface area contributed by atoms with Gasteiger partial charge in [-0.15, -0.1) is 13.2 Å². The van der Waals surface area contributed by atoms with E-state index in [4.69, 9.17) is 4.74 Å². The highest BCUT2D eigenvalue weighted by Gasteiger charge is 2.31. The van der Waals surface area contributed by atoms with E-state index < -0.39 is 22.1 Å². The van der Waals surface area contributed by atoms with Gasteiger partial charge in [0.2, 0.25) is 15.9 Å². The fraction of sp³-hybridized carbons (Fsp3) is 0.350. The normalized spacial score (nSPS) is 11.8. The Morgan fingerprint density at radius 1 is 1.10 bits per heavy atom. The van der Waals surface area contributed by atoms with Crippen LogP contribution in [0.25, 0.3) is 0 Å². The Kier molecular flexibility index (Phi) is 8.28. The number of benzene rings is 2.